The zero-order valence-electron chi connectivity index (χ0n) is 17.9. The topological polar surface area (TPSA) is 61.4 Å². The van der Waals surface area contributed by atoms with Gasteiger partial charge in [0, 0.05) is 20.0 Å². The number of fused-ring (bicyclic) bond motifs is 1. The van der Waals surface area contributed by atoms with Gasteiger partial charge in [-0.2, -0.15) is 0 Å². The minimum absolute atomic E-state index is 0.0804. The molecule has 1 aliphatic heterocycles. The van der Waals surface area contributed by atoms with Crippen LogP contribution in [-0.4, -0.2) is 42.4 Å². The van der Waals surface area contributed by atoms with Crippen molar-refractivity contribution in [2.75, 3.05) is 13.6 Å². The number of hydrogen-bond donors (Lipinski definition) is 2. The predicted molar refractivity (Wildman–Crippen MR) is 124 cm³/mol. The van der Waals surface area contributed by atoms with Crippen LogP contribution >= 0.6 is 0 Å². The monoisotopic (exact) mass is 415 g/mol. The maximum atomic E-state index is 13.4. The average molecular weight is 416 g/mol. The molecule has 0 saturated carbocycles. The van der Waals surface area contributed by atoms with Crippen LogP contribution in [0.5, 0.6) is 0 Å². The summed E-state index contributed by atoms with van der Waals surface area (Å²) in [7, 11) is 1.80. The Bertz CT molecular complexity index is 1040. The van der Waals surface area contributed by atoms with E-state index in [-0.39, 0.29) is 17.9 Å². The van der Waals surface area contributed by atoms with Crippen molar-refractivity contribution in [3.05, 3.63) is 83.9 Å². The molecule has 160 valence electrons. The van der Waals surface area contributed by atoms with E-state index in [4.69, 9.17) is 0 Å². The predicted octanol–water partition coefficient (Wildman–Crippen LogP) is 3.28. The molecule has 1 saturated heterocycles. The number of likely N-dealkylation sites (N-methyl/N-ethyl adjacent to an activating group) is 1. The summed E-state index contributed by atoms with van der Waals surface area (Å²) in [6.45, 7) is 1.34. The van der Waals surface area contributed by atoms with Crippen LogP contribution in [0.4, 0.5) is 0 Å². The van der Waals surface area contributed by atoms with Gasteiger partial charge in [-0.05, 0) is 41.3 Å². The third kappa shape index (κ3) is 5.12. The second-order valence-electron chi connectivity index (χ2n) is 8.23. The molecule has 3 aromatic carbocycles. The minimum atomic E-state index is -0.616. The van der Waals surface area contributed by atoms with Crippen molar-refractivity contribution >= 4 is 22.6 Å². The molecule has 0 aliphatic carbocycles. The molecule has 2 amide bonds. The Hall–Kier alpha value is -3.18. The van der Waals surface area contributed by atoms with Gasteiger partial charge >= 0.3 is 0 Å². The van der Waals surface area contributed by atoms with Crippen molar-refractivity contribution in [1.82, 2.24) is 15.5 Å². The number of rotatable bonds is 7. The third-order valence-electron chi connectivity index (χ3n) is 5.93. The van der Waals surface area contributed by atoms with Gasteiger partial charge < -0.3 is 15.5 Å². The smallest absolute Gasteiger partial charge is 0.245 e. The van der Waals surface area contributed by atoms with E-state index < -0.39 is 6.04 Å². The Kier molecular flexibility index (Phi) is 6.63. The highest BCUT2D eigenvalue weighted by Gasteiger charge is 2.29. The Morgan fingerprint density at radius 2 is 1.77 bits per heavy atom. The van der Waals surface area contributed by atoms with E-state index in [1.165, 1.54) is 0 Å². The molecule has 4 rings (SSSR count). The lowest BCUT2D eigenvalue weighted by atomic mass is 9.97. The molecule has 5 nitrogen and oxygen atoms in total. The Balaban J connectivity index is 1.57. The fraction of sp³-hybridized carbons (Fsp3) is 0.308. The van der Waals surface area contributed by atoms with Crippen LogP contribution in [0.3, 0.4) is 0 Å². The van der Waals surface area contributed by atoms with Crippen LogP contribution in [0.2, 0.25) is 0 Å². The van der Waals surface area contributed by atoms with Crippen LogP contribution in [0.15, 0.2) is 72.8 Å². The molecule has 1 fully saturated rings. The minimum Gasteiger partial charge on any atom is -0.343 e. The van der Waals surface area contributed by atoms with Crippen molar-refractivity contribution in [3.63, 3.8) is 0 Å². The maximum absolute atomic E-state index is 13.4. The Labute approximate surface area is 183 Å². The Morgan fingerprint density at radius 3 is 2.55 bits per heavy atom. The lowest BCUT2D eigenvalue weighted by Gasteiger charge is -2.26. The fourth-order valence-corrected chi connectivity index (χ4v) is 4.27. The van der Waals surface area contributed by atoms with Crippen molar-refractivity contribution in [2.24, 2.45) is 0 Å². The second-order valence-corrected chi connectivity index (χ2v) is 8.23. The molecule has 0 radical (unpaired) electrons. The molecule has 0 aromatic heterocycles. The number of carbonyl (C=O) groups is 2. The summed E-state index contributed by atoms with van der Waals surface area (Å²) in [5.41, 5.74) is 2.12. The molecule has 31 heavy (non-hydrogen) atoms. The molecule has 3 aromatic rings. The van der Waals surface area contributed by atoms with E-state index in [2.05, 4.69) is 28.8 Å². The van der Waals surface area contributed by atoms with Gasteiger partial charge in [-0.1, -0.05) is 72.8 Å². The first-order valence-electron chi connectivity index (χ1n) is 10.9. The highest BCUT2D eigenvalue weighted by molar-refractivity contribution is 5.91. The second kappa shape index (κ2) is 9.75. The van der Waals surface area contributed by atoms with Gasteiger partial charge in [0.25, 0.3) is 0 Å². The van der Waals surface area contributed by atoms with Crippen molar-refractivity contribution in [1.29, 1.82) is 0 Å². The quantitative estimate of drug-likeness (QED) is 0.623. The van der Waals surface area contributed by atoms with Gasteiger partial charge in [0.15, 0.2) is 0 Å². The summed E-state index contributed by atoms with van der Waals surface area (Å²) < 4.78 is 0. The maximum Gasteiger partial charge on any atom is 0.245 e. The summed E-state index contributed by atoms with van der Waals surface area (Å²) in [5, 5.41) is 8.52. The highest BCUT2D eigenvalue weighted by atomic mass is 16.2. The number of amides is 2. The molecule has 2 N–H and O–H groups in total. The molecular weight excluding hydrogens is 386 g/mol. The number of benzene rings is 3. The van der Waals surface area contributed by atoms with Gasteiger partial charge in [0.1, 0.15) is 6.04 Å². The van der Waals surface area contributed by atoms with Crippen LogP contribution in [0.25, 0.3) is 10.8 Å². The van der Waals surface area contributed by atoms with Gasteiger partial charge in [-0.3, -0.25) is 9.59 Å². The van der Waals surface area contributed by atoms with E-state index in [1.807, 2.05) is 54.6 Å². The number of carbonyl (C=O) groups excluding carboxylic acids is 2. The lowest BCUT2D eigenvalue weighted by molar-refractivity contribution is -0.136. The molecule has 0 unspecified atom stereocenters. The standard InChI is InChI=1S/C26H29N3O2/c1-29(18-19-9-3-2-4-10-19)26(31)24(28-25(30)23-15-8-16-27-23)17-21-13-7-12-20-11-5-6-14-22(20)21/h2-7,9-14,23-24,27H,8,15-18H2,1H3,(H,28,30)/t23-,24-/m0/s1. The van der Waals surface area contributed by atoms with E-state index in [1.54, 1.807) is 11.9 Å². The average Bonchev–Trinajstić information content (AvgIpc) is 3.34. The molecule has 1 aliphatic rings. The zero-order chi connectivity index (χ0) is 21.6. The van der Waals surface area contributed by atoms with Crippen molar-refractivity contribution < 1.29 is 9.59 Å². The van der Waals surface area contributed by atoms with Crippen molar-refractivity contribution in [3.8, 4) is 0 Å². The van der Waals surface area contributed by atoms with Gasteiger partial charge in [0.2, 0.25) is 11.8 Å². The number of hydrogen-bond acceptors (Lipinski definition) is 3. The summed E-state index contributed by atoms with van der Waals surface area (Å²) in [5.74, 6) is -0.174. The van der Waals surface area contributed by atoms with Crippen LogP contribution in [0.1, 0.15) is 24.0 Å². The van der Waals surface area contributed by atoms with E-state index in [0.717, 1.165) is 41.3 Å². The summed E-state index contributed by atoms with van der Waals surface area (Å²) in [4.78, 5) is 28.0. The largest absolute Gasteiger partial charge is 0.343 e. The first kappa shape index (κ1) is 21.1. The SMILES string of the molecule is CN(Cc1ccccc1)C(=O)[C@H](Cc1cccc2ccccc12)NC(=O)[C@@H]1CCCN1. The normalized spacial score (nSPS) is 16.7. The summed E-state index contributed by atoms with van der Waals surface area (Å²) >= 11 is 0. The van der Waals surface area contributed by atoms with Gasteiger partial charge in [-0.15, -0.1) is 0 Å². The molecule has 5 heteroatoms. The molecule has 0 bridgehead atoms. The number of nitrogens with one attached hydrogen (secondary N) is 2. The molecule has 0 spiro atoms. The highest BCUT2D eigenvalue weighted by Crippen LogP contribution is 2.21. The lowest BCUT2D eigenvalue weighted by Crippen LogP contribution is -2.52. The summed E-state index contributed by atoms with van der Waals surface area (Å²) in [6.07, 6.45) is 2.24. The molecule has 1 heterocycles. The molecular formula is C26H29N3O2. The van der Waals surface area contributed by atoms with E-state index in [0.29, 0.717) is 13.0 Å². The zero-order valence-corrected chi connectivity index (χ0v) is 17.9. The van der Waals surface area contributed by atoms with Gasteiger partial charge in [0.05, 0.1) is 6.04 Å². The van der Waals surface area contributed by atoms with Gasteiger partial charge in [-0.25, -0.2) is 0 Å². The molecule has 2 atom stereocenters. The van der Waals surface area contributed by atoms with Crippen LogP contribution in [-0.2, 0) is 22.6 Å². The first-order chi connectivity index (χ1) is 15.1. The fourth-order valence-electron chi connectivity index (χ4n) is 4.27. The van der Waals surface area contributed by atoms with E-state index in [9.17, 15) is 9.59 Å². The van der Waals surface area contributed by atoms with E-state index >= 15 is 0 Å². The summed E-state index contributed by atoms with van der Waals surface area (Å²) in [6, 6.07) is 23.3. The Morgan fingerprint density at radius 1 is 1.03 bits per heavy atom. The van der Waals surface area contributed by atoms with Crippen LogP contribution < -0.4 is 10.6 Å². The number of nitrogens with zero attached hydrogens (tertiary/aromatic N) is 1. The van der Waals surface area contributed by atoms with Crippen LogP contribution in [0, 0.1) is 0 Å². The van der Waals surface area contributed by atoms with Crippen molar-refractivity contribution in [2.45, 2.75) is 37.9 Å². The third-order valence-corrected chi connectivity index (χ3v) is 5.93. The first-order valence-corrected chi connectivity index (χ1v) is 10.9.